The summed E-state index contributed by atoms with van der Waals surface area (Å²) < 4.78 is 22.2. The Labute approximate surface area is 107 Å². The third-order valence-corrected chi connectivity index (χ3v) is 4.45. The highest BCUT2D eigenvalue weighted by Crippen LogP contribution is 2.20. The Hall–Kier alpha value is -0.0900. The molecule has 1 N–H and O–H groups in total. The lowest BCUT2D eigenvalue weighted by Gasteiger charge is -2.26. The first-order chi connectivity index (χ1) is 7.94. The molecule has 0 saturated carbocycles. The molecule has 0 aliphatic rings. The highest BCUT2D eigenvalue weighted by Gasteiger charge is 2.18. The van der Waals surface area contributed by atoms with E-state index in [2.05, 4.69) is 19.2 Å². The molecule has 0 heterocycles. The highest BCUT2D eigenvalue weighted by molar-refractivity contribution is 7.90. The summed E-state index contributed by atoms with van der Waals surface area (Å²) in [6, 6.07) is 0.466. The van der Waals surface area contributed by atoms with Crippen LogP contribution in [0.2, 0.25) is 0 Å². The molecule has 0 saturated heterocycles. The predicted octanol–water partition coefficient (Wildman–Crippen LogP) is 2.62. The van der Waals surface area contributed by atoms with Crippen LogP contribution in [0, 0.1) is 5.92 Å². The van der Waals surface area contributed by atoms with Crippen molar-refractivity contribution in [3.05, 3.63) is 0 Å². The zero-order valence-electron chi connectivity index (χ0n) is 11.8. The molecule has 0 aliphatic heterocycles. The maximum Gasteiger partial charge on any atom is 0.147 e. The van der Waals surface area contributed by atoms with Crippen LogP contribution >= 0.6 is 0 Å². The molecule has 0 bridgehead atoms. The summed E-state index contributed by atoms with van der Waals surface area (Å²) in [5, 5.41) is 3.35. The zero-order chi connectivity index (χ0) is 13.3. The lowest BCUT2D eigenvalue weighted by atomic mass is 9.89. The van der Waals surface area contributed by atoms with Gasteiger partial charge >= 0.3 is 0 Å². The largest absolute Gasteiger partial charge is 0.317 e. The van der Waals surface area contributed by atoms with Gasteiger partial charge in [0.2, 0.25) is 0 Å². The predicted molar refractivity (Wildman–Crippen MR) is 75.1 cm³/mol. The molecule has 2 atom stereocenters. The summed E-state index contributed by atoms with van der Waals surface area (Å²) in [4.78, 5) is 0. The molecular formula is C13H29NO2S. The maximum atomic E-state index is 11.1. The minimum atomic E-state index is -2.81. The standard InChI is InChI=1S/C13H29NO2S/c1-5-7-9-12(6-2)13(14-3)10-8-11-17(4,15)16/h12-14H,5-11H2,1-4H3. The van der Waals surface area contributed by atoms with Gasteiger partial charge in [-0.2, -0.15) is 0 Å². The Balaban J connectivity index is 4.10. The second-order valence-electron chi connectivity index (χ2n) is 4.98. The van der Waals surface area contributed by atoms with Crippen molar-refractivity contribution in [2.24, 2.45) is 5.92 Å². The minimum Gasteiger partial charge on any atom is -0.317 e. The van der Waals surface area contributed by atoms with Crippen LogP contribution in [0.25, 0.3) is 0 Å². The van der Waals surface area contributed by atoms with E-state index >= 15 is 0 Å². The molecule has 17 heavy (non-hydrogen) atoms. The summed E-state index contributed by atoms with van der Waals surface area (Å²) in [6.45, 7) is 4.44. The van der Waals surface area contributed by atoms with E-state index in [-0.39, 0.29) is 0 Å². The van der Waals surface area contributed by atoms with Crippen molar-refractivity contribution in [2.75, 3.05) is 19.1 Å². The van der Waals surface area contributed by atoms with Gasteiger partial charge in [-0.15, -0.1) is 0 Å². The zero-order valence-corrected chi connectivity index (χ0v) is 12.6. The first kappa shape index (κ1) is 16.9. The summed E-state index contributed by atoms with van der Waals surface area (Å²) in [5.41, 5.74) is 0. The number of unbranched alkanes of at least 4 members (excludes halogenated alkanes) is 1. The van der Waals surface area contributed by atoms with Crippen LogP contribution in [0.5, 0.6) is 0 Å². The van der Waals surface area contributed by atoms with Gasteiger partial charge in [0, 0.05) is 18.1 Å². The monoisotopic (exact) mass is 263 g/mol. The van der Waals surface area contributed by atoms with Gasteiger partial charge in [0.1, 0.15) is 9.84 Å². The molecular weight excluding hydrogens is 234 g/mol. The number of hydrogen-bond acceptors (Lipinski definition) is 3. The summed E-state index contributed by atoms with van der Waals surface area (Å²) in [6.07, 6.45) is 7.97. The van der Waals surface area contributed by atoms with Gasteiger partial charge in [0.15, 0.2) is 0 Å². The van der Waals surface area contributed by atoms with Crippen LogP contribution in [-0.4, -0.2) is 33.5 Å². The first-order valence-corrected chi connectivity index (χ1v) is 8.85. The van der Waals surface area contributed by atoms with Crippen molar-refractivity contribution < 1.29 is 8.42 Å². The molecule has 0 aromatic heterocycles. The molecule has 0 fully saturated rings. The fourth-order valence-electron chi connectivity index (χ4n) is 2.34. The smallest absolute Gasteiger partial charge is 0.147 e. The minimum absolute atomic E-state index is 0.315. The van der Waals surface area contributed by atoms with Crippen molar-refractivity contribution >= 4 is 9.84 Å². The Bertz CT molecular complexity index is 275. The molecule has 3 nitrogen and oxygen atoms in total. The van der Waals surface area contributed by atoms with Gasteiger partial charge in [-0.3, -0.25) is 0 Å². The van der Waals surface area contributed by atoms with Gasteiger partial charge < -0.3 is 5.32 Å². The fraction of sp³-hybridized carbons (Fsp3) is 1.00. The third kappa shape index (κ3) is 8.61. The van der Waals surface area contributed by atoms with Crippen molar-refractivity contribution in [3.63, 3.8) is 0 Å². The van der Waals surface area contributed by atoms with Gasteiger partial charge in [-0.05, 0) is 32.2 Å². The highest BCUT2D eigenvalue weighted by atomic mass is 32.2. The maximum absolute atomic E-state index is 11.1. The Morgan fingerprint density at radius 1 is 1.12 bits per heavy atom. The fourth-order valence-corrected chi connectivity index (χ4v) is 3.03. The Morgan fingerprint density at radius 3 is 2.18 bits per heavy atom. The molecule has 0 spiro atoms. The molecule has 0 aromatic rings. The molecule has 0 aliphatic carbocycles. The third-order valence-electron chi connectivity index (χ3n) is 3.42. The SMILES string of the molecule is CCCCC(CC)C(CCCS(C)(=O)=O)NC. The first-order valence-electron chi connectivity index (χ1n) is 6.79. The average molecular weight is 263 g/mol. The second kappa shape index (κ2) is 8.92. The van der Waals surface area contributed by atoms with E-state index < -0.39 is 9.84 Å². The normalized spacial score (nSPS) is 15.8. The quantitative estimate of drug-likeness (QED) is 0.659. The van der Waals surface area contributed by atoms with Crippen molar-refractivity contribution in [2.45, 2.75) is 58.4 Å². The van der Waals surface area contributed by atoms with Crippen LogP contribution in [0.4, 0.5) is 0 Å². The van der Waals surface area contributed by atoms with Gasteiger partial charge in [-0.25, -0.2) is 8.42 Å². The molecule has 4 heteroatoms. The summed E-state index contributed by atoms with van der Waals surface area (Å²) in [5.74, 6) is 0.995. The second-order valence-corrected chi connectivity index (χ2v) is 7.24. The van der Waals surface area contributed by atoms with E-state index in [9.17, 15) is 8.42 Å². The van der Waals surface area contributed by atoms with Gasteiger partial charge in [-0.1, -0.05) is 33.1 Å². The number of hydrogen-bond donors (Lipinski definition) is 1. The van der Waals surface area contributed by atoms with E-state index in [1.165, 1.54) is 31.9 Å². The van der Waals surface area contributed by atoms with Crippen molar-refractivity contribution in [1.82, 2.24) is 5.32 Å². The van der Waals surface area contributed by atoms with Crippen molar-refractivity contribution in [1.29, 1.82) is 0 Å². The van der Waals surface area contributed by atoms with Crippen LogP contribution in [0.15, 0.2) is 0 Å². The van der Waals surface area contributed by atoms with E-state index in [1.807, 2.05) is 7.05 Å². The van der Waals surface area contributed by atoms with Crippen LogP contribution in [-0.2, 0) is 9.84 Å². The number of rotatable bonds is 10. The van der Waals surface area contributed by atoms with E-state index in [0.717, 1.165) is 12.8 Å². The molecule has 0 radical (unpaired) electrons. The van der Waals surface area contributed by atoms with Crippen LogP contribution < -0.4 is 5.32 Å². The number of sulfone groups is 1. The molecule has 0 rings (SSSR count). The van der Waals surface area contributed by atoms with Gasteiger partial charge in [0.05, 0.1) is 0 Å². The molecule has 0 aromatic carbocycles. The Morgan fingerprint density at radius 2 is 1.76 bits per heavy atom. The lowest BCUT2D eigenvalue weighted by molar-refractivity contribution is 0.315. The lowest BCUT2D eigenvalue weighted by Crippen LogP contribution is -2.33. The number of nitrogens with one attached hydrogen (secondary N) is 1. The summed E-state index contributed by atoms with van der Waals surface area (Å²) >= 11 is 0. The molecule has 104 valence electrons. The molecule has 0 amide bonds. The summed E-state index contributed by atoms with van der Waals surface area (Å²) in [7, 11) is -0.819. The van der Waals surface area contributed by atoms with Crippen LogP contribution in [0.3, 0.4) is 0 Å². The Kier molecular flexibility index (Phi) is 8.88. The van der Waals surface area contributed by atoms with Crippen LogP contribution in [0.1, 0.15) is 52.4 Å². The molecule has 2 unspecified atom stereocenters. The topological polar surface area (TPSA) is 46.2 Å². The van der Waals surface area contributed by atoms with Gasteiger partial charge in [0.25, 0.3) is 0 Å². The van der Waals surface area contributed by atoms with E-state index in [1.54, 1.807) is 0 Å². The average Bonchev–Trinajstić information content (AvgIpc) is 2.25. The van der Waals surface area contributed by atoms with E-state index in [0.29, 0.717) is 17.7 Å². The van der Waals surface area contributed by atoms with E-state index in [4.69, 9.17) is 0 Å². The van der Waals surface area contributed by atoms with Crippen molar-refractivity contribution in [3.8, 4) is 0 Å².